The number of esters is 2. The number of carbonyl (C=O) groups is 4. The Morgan fingerprint density at radius 2 is 1.57 bits per heavy atom. The van der Waals surface area contributed by atoms with Crippen LogP contribution in [-0.2, 0) is 28.6 Å². The van der Waals surface area contributed by atoms with Crippen molar-refractivity contribution in [3.8, 4) is 0 Å². The lowest BCUT2D eigenvalue weighted by molar-refractivity contribution is -0.162. The van der Waals surface area contributed by atoms with E-state index >= 15 is 0 Å². The quantitative estimate of drug-likeness (QED) is 0.0401. The molecule has 56 heavy (non-hydrogen) atoms. The van der Waals surface area contributed by atoms with E-state index in [1.54, 1.807) is 0 Å². The number of nitrogens with one attached hydrogen (secondary N) is 2. The van der Waals surface area contributed by atoms with Crippen molar-refractivity contribution >= 4 is 45.5 Å². The minimum atomic E-state index is -0.488. The normalized spacial score (nSPS) is 27.8. The fourth-order valence-electron chi connectivity index (χ4n) is 8.73. The first kappa shape index (κ1) is 46.5. The first-order valence-corrected chi connectivity index (χ1v) is 24.8. The van der Waals surface area contributed by atoms with Crippen molar-refractivity contribution in [2.24, 2.45) is 29.6 Å². The highest BCUT2D eigenvalue weighted by molar-refractivity contribution is 8.77. The lowest BCUT2D eigenvalue weighted by Gasteiger charge is -2.43. The minimum absolute atomic E-state index is 0.0867. The Labute approximate surface area is 346 Å². The van der Waals surface area contributed by atoms with Gasteiger partial charge in [0, 0.05) is 42.9 Å². The molecular formula is C45H74N2O7S2. The van der Waals surface area contributed by atoms with Crippen LogP contribution in [-0.4, -0.2) is 66.3 Å². The summed E-state index contributed by atoms with van der Waals surface area (Å²) >= 11 is 0. The molecule has 2 N–H and O–H groups in total. The van der Waals surface area contributed by atoms with Gasteiger partial charge in [-0.1, -0.05) is 125 Å². The number of allylic oxidation sites excluding steroid dienone is 3. The maximum absolute atomic E-state index is 12.8. The Morgan fingerprint density at radius 3 is 2.25 bits per heavy atom. The van der Waals surface area contributed by atoms with Crippen LogP contribution in [0.4, 0.5) is 4.79 Å². The van der Waals surface area contributed by atoms with E-state index in [1.165, 1.54) is 69.1 Å². The van der Waals surface area contributed by atoms with Gasteiger partial charge in [0.15, 0.2) is 0 Å². The Kier molecular flexibility index (Phi) is 21.7. The molecule has 11 heteroatoms. The molecule has 4 aliphatic rings. The molecule has 2 saturated heterocycles. The van der Waals surface area contributed by atoms with E-state index in [0.29, 0.717) is 37.6 Å². The molecule has 0 aromatic heterocycles. The number of unbranched alkanes of at least 4 members (excludes halogenated alkanes) is 10. The van der Waals surface area contributed by atoms with Gasteiger partial charge in [0.25, 0.3) is 0 Å². The number of rotatable bonds is 25. The number of ether oxygens (including phenoxy) is 3. The highest BCUT2D eigenvalue weighted by Gasteiger charge is 2.42. The van der Waals surface area contributed by atoms with Gasteiger partial charge in [-0.2, -0.15) is 0 Å². The van der Waals surface area contributed by atoms with E-state index in [1.807, 2.05) is 35.4 Å². The second-order valence-corrected chi connectivity index (χ2v) is 19.9. The summed E-state index contributed by atoms with van der Waals surface area (Å²) in [5.41, 5.74) is 1.25. The highest BCUT2D eigenvalue weighted by Crippen LogP contribution is 2.45. The number of hydrogen-bond donors (Lipinski definition) is 2. The zero-order valence-corrected chi connectivity index (χ0v) is 36.7. The molecule has 7 unspecified atom stereocenters. The van der Waals surface area contributed by atoms with Crippen molar-refractivity contribution < 1.29 is 33.4 Å². The van der Waals surface area contributed by atoms with E-state index in [9.17, 15) is 19.2 Å². The van der Waals surface area contributed by atoms with Gasteiger partial charge in [0.2, 0.25) is 5.91 Å². The van der Waals surface area contributed by atoms with Crippen LogP contribution in [0, 0.1) is 29.6 Å². The van der Waals surface area contributed by atoms with E-state index in [2.05, 4.69) is 42.7 Å². The summed E-state index contributed by atoms with van der Waals surface area (Å²) in [6.45, 7) is 9.72. The van der Waals surface area contributed by atoms with Crippen LogP contribution in [0.1, 0.15) is 163 Å². The van der Waals surface area contributed by atoms with Gasteiger partial charge in [-0.3, -0.25) is 14.4 Å². The molecule has 0 bridgehead atoms. The fourth-order valence-corrected chi connectivity index (χ4v) is 11.8. The predicted octanol–water partition coefficient (Wildman–Crippen LogP) is 10.7. The summed E-state index contributed by atoms with van der Waals surface area (Å²) in [5, 5.41) is 6.79. The van der Waals surface area contributed by atoms with Crippen molar-refractivity contribution in [1.29, 1.82) is 0 Å². The molecule has 2 aliphatic heterocycles. The monoisotopic (exact) mass is 818 g/mol. The predicted molar refractivity (Wildman–Crippen MR) is 229 cm³/mol. The zero-order chi connectivity index (χ0) is 40.1. The third-order valence-electron chi connectivity index (χ3n) is 12.3. The molecule has 0 radical (unpaired) electrons. The smallest absolute Gasteiger partial charge is 0.407 e. The fraction of sp³-hybridized carbons (Fsp3) is 0.822. The maximum atomic E-state index is 12.8. The van der Waals surface area contributed by atoms with Crippen molar-refractivity contribution in [2.75, 3.05) is 18.8 Å². The molecule has 318 valence electrons. The largest absolute Gasteiger partial charge is 0.462 e. The third kappa shape index (κ3) is 17.0. The average Bonchev–Trinajstić information content (AvgIpc) is 3.69. The highest BCUT2D eigenvalue weighted by atomic mass is 33.1. The van der Waals surface area contributed by atoms with Crippen molar-refractivity contribution in [3.05, 3.63) is 23.8 Å². The minimum Gasteiger partial charge on any atom is -0.462 e. The summed E-state index contributed by atoms with van der Waals surface area (Å²) in [4.78, 5) is 50.1. The second-order valence-electron chi connectivity index (χ2n) is 17.1. The molecule has 0 spiro atoms. The molecule has 2 heterocycles. The van der Waals surface area contributed by atoms with Gasteiger partial charge < -0.3 is 24.8 Å². The van der Waals surface area contributed by atoms with E-state index < -0.39 is 12.2 Å². The number of cyclic esters (lactones) is 1. The molecule has 2 amide bonds. The topological polar surface area (TPSA) is 120 Å². The number of amides is 2. The van der Waals surface area contributed by atoms with Crippen LogP contribution in [0.3, 0.4) is 0 Å². The lowest BCUT2D eigenvalue weighted by Crippen LogP contribution is -2.42. The zero-order valence-electron chi connectivity index (χ0n) is 35.1. The molecule has 0 aromatic carbocycles. The van der Waals surface area contributed by atoms with Crippen LogP contribution in [0.5, 0.6) is 0 Å². The van der Waals surface area contributed by atoms with Crippen LogP contribution in [0.25, 0.3) is 0 Å². The Morgan fingerprint density at radius 1 is 0.875 bits per heavy atom. The number of carbonyl (C=O) groups excluding carboxylic acids is 4. The third-order valence-corrected chi connectivity index (χ3v) is 15.3. The molecular weight excluding hydrogens is 745 g/mol. The molecule has 9 nitrogen and oxygen atoms in total. The molecule has 2 fully saturated rings. The van der Waals surface area contributed by atoms with E-state index in [0.717, 1.165) is 63.2 Å². The number of hydrogen-bond acceptors (Lipinski definition) is 9. The average molecular weight is 819 g/mol. The van der Waals surface area contributed by atoms with Crippen molar-refractivity contribution in [3.63, 3.8) is 0 Å². The van der Waals surface area contributed by atoms with Crippen molar-refractivity contribution in [2.45, 2.75) is 186 Å². The molecule has 9 atom stereocenters. The molecule has 4 rings (SSSR count). The van der Waals surface area contributed by atoms with Crippen LogP contribution in [0.2, 0.25) is 0 Å². The summed E-state index contributed by atoms with van der Waals surface area (Å²) in [5.74, 6) is 1.97. The first-order valence-electron chi connectivity index (χ1n) is 22.4. The second kappa shape index (κ2) is 26.1. The Hall–Kier alpha value is -2.14. The Balaban J connectivity index is 1.01. The van der Waals surface area contributed by atoms with Gasteiger partial charge in [-0.25, -0.2) is 4.79 Å². The van der Waals surface area contributed by atoms with E-state index in [4.69, 9.17) is 14.2 Å². The van der Waals surface area contributed by atoms with Crippen LogP contribution < -0.4 is 10.6 Å². The Bertz CT molecular complexity index is 1270. The summed E-state index contributed by atoms with van der Waals surface area (Å²) in [6, 6.07) is 0. The molecule has 0 aromatic rings. The van der Waals surface area contributed by atoms with Gasteiger partial charge >= 0.3 is 18.0 Å². The molecule has 2 aliphatic carbocycles. The summed E-state index contributed by atoms with van der Waals surface area (Å²) < 4.78 is 17.6. The molecule has 0 saturated carbocycles. The first-order chi connectivity index (χ1) is 27.1. The van der Waals surface area contributed by atoms with Crippen LogP contribution >= 0.6 is 21.6 Å². The van der Waals surface area contributed by atoms with E-state index in [-0.39, 0.29) is 54.2 Å². The standard InChI is InChI=1S/C45H74N2O7S2/c1-5-33(3)44(50)54-40-29-32(2)28-35-21-20-34(4)39(43(35)40)23-22-36-30-37(31-42(49)52-36)53-45(51)47-26-17-13-11-9-7-6-8-10-12-16-25-46-41(48)19-15-14-18-38-24-27-55-56-38/h20-21,28,32-34,36-40,43H,5-19,22-27,29-31H2,1-4H3,(H,46,48)(H,47,51)/t32-,33?,34+,36?,37?,38?,39?,40?,43?/m1/s1. The summed E-state index contributed by atoms with van der Waals surface area (Å²) in [6.07, 6.45) is 26.1. The van der Waals surface area contributed by atoms with Gasteiger partial charge in [0.1, 0.15) is 18.3 Å². The van der Waals surface area contributed by atoms with Crippen molar-refractivity contribution in [1.82, 2.24) is 10.6 Å². The number of alkyl carbamates (subject to hydrolysis) is 1. The SMILES string of the molecule is CCC(C)C(=O)OC1C[C@H](C)C=C2C=C[C@H](C)C(CCC3CC(OC(=O)NCCCCCCCCCCCCNC(=O)CCCCC4CCSS4)CC(=O)O3)C21. The van der Waals surface area contributed by atoms with Gasteiger partial charge in [0.05, 0.1) is 12.3 Å². The van der Waals surface area contributed by atoms with Crippen LogP contribution in [0.15, 0.2) is 23.8 Å². The van der Waals surface area contributed by atoms with Gasteiger partial charge in [-0.15, -0.1) is 0 Å². The number of fused-ring (bicyclic) bond motifs is 1. The lowest BCUT2D eigenvalue weighted by atomic mass is 9.65. The maximum Gasteiger partial charge on any atom is 0.407 e. The van der Waals surface area contributed by atoms with Gasteiger partial charge in [-0.05, 0) is 81.1 Å². The summed E-state index contributed by atoms with van der Waals surface area (Å²) in [7, 11) is 4.01.